The first-order valence-electron chi connectivity index (χ1n) is 14.4. The van der Waals surface area contributed by atoms with Gasteiger partial charge in [0.15, 0.2) is 0 Å². The topological polar surface area (TPSA) is 129 Å². The van der Waals surface area contributed by atoms with Crippen molar-refractivity contribution in [1.82, 2.24) is 4.90 Å². The van der Waals surface area contributed by atoms with Crippen LogP contribution in [0, 0.1) is 5.92 Å². The largest absolute Gasteiger partial charge is 0.462 e. The smallest absolute Gasteiger partial charge is 0.338 e. The molecule has 9 heteroatoms. The highest BCUT2D eigenvalue weighted by Crippen LogP contribution is 2.35. The second-order valence-electron chi connectivity index (χ2n) is 11.8. The maximum absolute atomic E-state index is 13.3. The Hall–Kier alpha value is -2.27. The van der Waals surface area contributed by atoms with Gasteiger partial charge in [-0.1, -0.05) is 23.3 Å². The van der Waals surface area contributed by atoms with Crippen molar-refractivity contribution in [3.05, 3.63) is 52.1 Å². The third-order valence-electron chi connectivity index (χ3n) is 8.20. The molecule has 0 saturated carbocycles. The zero-order valence-electron chi connectivity index (χ0n) is 24.1. The molecule has 0 amide bonds. The molecule has 222 valence electrons. The predicted molar refractivity (Wildman–Crippen MR) is 150 cm³/mol. The number of rotatable bonds is 10. The van der Waals surface area contributed by atoms with Crippen molar-refractivity contribution < 1.29 is 39.4 Å². The van der Waals surface area contributed by atoms with Crippen LogP contribution in [0.2, 0.25) is 0 Å². The van der Waals surface area contributed by atoms with Crippen LogP contribution in [-0.2, 0) is 22.3 Å². The van der Waals surface area contributed by atoms with Crippen LogP contribution in [0.15, 0.2) is 35.4 Å². The molecule has 9 nitrogen and oxygen atoms in total. The van der Waals surface area contributed by atoms with E-state index < -0.39 is 37.3 Å². The summed E-state index contributed by atoms with van der Waals surface area (Å²) in [6.07, 6.45) is 1.34. The van der Waals surface area contributed by atoms with Crippen molar-refractivity contribution in [3.8, 4) is 5.75 Å². The maximum Gasteiger partial charge on any atom is 0.338 e. The van der Waals surface area contributed by atoms with Crippen LogP contribution in [0.1, 0.15) is 68.4 Å². The molecule has 40 heavy (non-hydrogen) atoms. The molecule has 0 aromatic heterocycles. The first-order valence-corrected chi connectivity index (χ1v) is 14.4. The summed E-state index contributed by atoms with van der Waals surface area (Å²) in [5, 5.41) is 40.8. The highest BCUT2D eigenvalue weighted by Gasteiger charge is 2.45. The third-order valence-corrected chi connectivity index (χ3v) is 8.20. The number of aliphatic hydroxyl groups is 4. The van der Waals surface area contributed by atoms with Crippen molar-refractivity contribution in [2.75, 3.05) is 26.3 Å². The molecule has 7 unspecified atom stereocenters. The number of benzene rings is 1. The fourth-order valence-electron chi connectivity index (χ4n) is 5.88. The minimum atomic E-state index is -1.56. The number of esters is 1. The number of nitrogens with zero attached hydrogens (tertiary/aromatic N) is 1. The lowest BCUT2D eigenvalue weighted by atomic mass is 9.97. The zero-order valence-corrected chi connectivity index (χ0v) is 24.1. The molecule has 0 aliphatic carbocycles. The van der Waals surface area contributed by atoms with Crippen LogP contribution in [-0.4, -0.2) is 94.3 Å². The lowest BCUT2D eigenvalue weighted by Gasteiger charge is -2.40. The van der Waals surface area contributed by atoms with Crippen molar-refractivity contribution in [2.45, 2.75) is 96.5 Å². The van der Waals surface area contributed by atoms with E-state index in [2.05, 4.69) is 4.90 Å². The number of hydrogen-bond acceptors (Lipinski definition) is 9. The number of ether oxygens (including phenoxy) is 3. The molecule has 3 fully saturated rings. The maximum atomic E-state index is 13.3. The van der Waals surface area contributed by atoms with Gasteiger partial charge in [-0.25, -0.2) is 4.79 Å². The third kappa shape index (κ3) is 7.13. The SMILES string of the molecule is CC(C)=CCc1cc(C(=O)OCC2CCN3CCCC23)cc(CC=C(C)C)c1OC1OC(CO)C(O)C(O)C1O. The summed E-state index contributed by atoms with van der Waals surface area (Å²) < 4.78 is 17.7. The van der Waals surface area contributed by atoms with Gasteiger partial charge in [-0.3, -0.25) is 4.90 Å². The minimum Gasteiger partial charge on any atom is -0.462 e. The molecule has 4 rings (SSSR count). The van der Waals surface area contributed by atoms with Crippen molar-refractivity contribution >= 4 is 5.97 Å². The van der Waals surface area contributed by atoms with Crippen molar-refractivity contribution in [2.24, 2.45) is 5.92 Å². The molecule has 3 heterocycles. The summed E-state index contributed by atoms with van der Waals surface area (Å²) in [6, 6.07) is 4.01. The summed E-state index contributed by atoms with van der Waals surface area (Å²) in [5.41, 5.74) is 4.00. The fourth-order valence-corrected chi connectivity index (χ4v) is 5.88. The Bertz CT molecular complexity index is 1050. The number of carbonyl (C=O) groups is 1. The monoisotopic (exact) mass is 559 g/mol. The molecule has 4 N–H and O–H groups in total. The number of fused-ring (bicyclic) bond motifs is 1. The quantitative estimate of drug-likeness (QED) is 0.252. The van der Waals surface area contributed by atoms with E-state index >= 15 is 0 Å². The Morgan fingerprint density at radius 2 is 1.62 bits per heavy atom. The Kier molecular flexibility index (Phi) is 10.4. The second kappa shape index (κ2) is 13.6. The molecule has 7 atom stereocenters. The standard InChI is InChI=1S/C31H45NO8/c1-18(2)7-9-20-14-23(30(37)38-17-22-11-13-32-12-5-6-24(22)32)15-21(10-8-19(3)4)29(20)40-31-28(36)27(35)26(34)25(16-33)39-31/h7-8,14-15,22,24-28,31,33-36H,5-6,9-13,16-17H2,1-4H3. The van der Waals surface area contributed by atoms with Gasteiger partial charge in [0.05, 0.1) is 18.8 Å². The van der Waals surface area contributed by atoms with Crippen LogP contribution < -0.4 is 4.74 Å². The molecule has 3 aliphatic rings. The van der Waals surface area contributed by atoms with E-state index in [1.807, 2.05) is 39.8 Å². The molecule has 3 aliphatic heterocycles. The summed E-state index contributed by atoms with van der Waals surface area (Å²) in [4.78, 5) is 15.8. The highest BCUT2D eigenvalue weighted by atomic mass is 16.7. The molecule has 0 radical (unpaired) electrons. The molecule has 0 spiro atoms. The minimum absolute atomic E-state index is 0.357. The van der Waals surface area contributed by atoms with Crippen LogP contribution in [0.5, 0.6) is 5.75 Å². The lowest BCUT2D eigenvalue weighted by Crippen LogP contribution is -2.60. The molecule has 1 aromatic rings. The summed E-state index contributed by atoms with van der Waals surface area (Å²) in [6.45, 7) is 9.97. The molecule has 3 saturated heterocycles. The summed E-state index contributed by atoms with van der Waals surface area (Å²) in [7, 11) is 0. The number of carbonyl (C=O) groups excluding carboxylic acids is 1. The second-order valence-corrected chi connectivity index (χ2v) is 11.8. The highest BCUT2D eigenvalue weighted by molar-refractivity contribution is 5.90. The Morgan fingerprint density at radius 1 is 0.975 bits per heavy atom. The Morgan fingerprint density at radius 3 is 2.23 bits per heavy atom. The van der Waals surface area contributed by atoms with Gasteiger partial charge in [-0.05, 0) is 96.1 Å². The van der Waals surface area contributed by atoms with Gasteiger partial charge in [-0.2, -0.15) is 0 Å². The van der Waals surface area contributed by atoms with Crippen LogP contribution in [0.3, 0.4) is 0 Å². The molecule has 0 bridgehead atoms. The molecular formula is C31H45NO8. The first kappa shape index (κ1) is 30.7. The van der Waals surface area contributed by atoms with Crippen LogP contribution in [0.4, 0.5) is 0 Å². The van der Waals surface area contributed by atoms with Crippen molar-refractivity contribution in [3.63, 3.8) is 0 Å². The van der Waals surface area contributed by atoms with E-state index in [-0.39, 0.29) is 5.97 Å². The van der Waals surface area contributed by atoms with Gasteiger partial charge in [0.1, 0.15) is 30.2 Å². The van der Waals surface area contributed by atoms with Gasteiger partial charge >= 0.3 is 5.97 Å². The molecular weight excluding hydrogens is 514 g/mol. The van der Waals surface area contributed by atoms with E-state index in [4.69, 9.17) is 14.2 Å². The van der Waals surface area contributed by atoms with E-state index in [9.17, 15) is 25.2 Å². The van der Waals surface area contributed by atoms with Gasteiger partial charge in [0, 0.05) is 12.0 Å². The first-order chi connectivity index (χ1) is 19.1. The van der Waals surface area contributed by atoms with Gasteiger partial charge in [-0.15, -0.1) is 0 Å². The lowest BCUT2D eigenvalue weighted by molar-refractivity contribution is -0.277. The Labute approximate surface area is 237 Å². The predicted octanol–water partition coefficient (Wildman–Crippen LogP) is 2.52. The number of hydrogen-bond donors (Lipinski definition) is 4. The van der Waals surface area contributed by atoms with E-state index in [1.54, 1.807) is 12.1 Å². The summed E-state index contributed by atoms with van der Waals surface area (Å²) in [5.74, 6) is 0.400. The van der Waals surface area contributed by atoms with Gasteiger partial charge < -0.3 is 34.6 Å². The summed E-state index contributed by atoms with van der Waals surface area (Å²) >= 11 is 0. The average Bonchev–Trinajstić information content (AvgIpc) is 3.54. The van der Waals surface area contributed by atoms with Crippen LogP contribution in [0.25, 0.3) is 0 Å². The van der Waals surface area contributed by atoms with Gasteiger partial charge in [0.2, 0.25) is 6.29 Å². The average molecular weight is 560 g/mol. The fraction of sp³-hybridized carbons (Fsp3) is 0.645. The van der Waals surface area contributed by atoms with Crippen LogP contribution >= 0.6 is 0 Å². The van der Waals surface area contributed by atoms with E-state index in [1.165, 1.54) is 6.42 Å². The zero-order chi connectivity index (χ0) is 29.0. The number of allylic oxidation sites excluding steroid dienone is 4. The Balaban J connectivity index is 1.63. The van der Waals surface area contributed by atoms with E-state index in [0.29, 0.717) is 53.8 Å². The van der Waals surface area contributed by atoms with Gasteiger partial charge in [0.25, 0.3) is 0 Å². The molecule has 1 aromatic carbocycles. The van der Waals surface area contributed by atoms with Crippen molar-refractivity contribution in [1.29, 1.82) is 0 Å². The normalized spacial score (nSPS) is 30.1. The number of aliphatic hydroxyl groups excluding tert-OH is 4. The van der Waals surface area contributed by atoms with E-state index in [0.717, 1.165) is 37.1 Å².